The van der Waals surface area contributed by atoms with E-state index in [1.54, 1.807) is 0 Å². The maximum Gasteiger partial charge on any atom is 2.00 e. The van der Waals surface area contributed by atoms with Gasteiger partial charge in [0.1, 0.15) is 0 Å². The average molecular weight is 660 g/mol. The van der Waals surface area contributed by atoms with Crippen LogP contribution in [0, 0.1) is 0 Å². The van der Waals surface area contributed by atoms with E-state index in [0.717, 1.165) is 0 Å². The van der Waals surface area contributed by atoms with Crippen molar-refractivity contribution in [2.24, 2.45) is 0 Å². The molecule has 0 amide bonds. The summed E-state index contributed by atoms with van der Waals surface area (Å²) in [6, 6.07) is 0. The van der Waals surface area contributed by atoms with E-state index in [1.165, 1.54) is 97.1 Å². The minimum atomic E-state index is -6.09. The zero-order valence-corrected chi connectivity index (χ0v) is 24.9. The number of rotatable bonds is 16. The molecule has 0 spiro atoms. The Morgan fingerprint density at radius 2 is 0.658 bits per heavy atom. The molecule has 0 aromatic carbocycles. The summed E-state index contributed by atoms with van der Waals surface area (Å²) in [6.45, 7) is 17.0. The van der Waals surface area contributed by atoms with Crippen LogP contribution in [0.1, 0.15) is 85.5 Å². The third-order valence-electron chi connectivity index (χ3n) is 4.83. The molecule has 0 heterocycles. The first kappa shape index (κ1) is 44.8. The Kier molecular flexibility index (Phi) is 27.8. The first-order chi connectivity index (χ1) is 16.8. The average Bonchev–Trinajstić information content (AvgIpc) is 2.74. The molecule has 0 aliphatic carbocycles. The van der Waals surface area contributed by atoms with E-state index in [2.05, 4.69) is 37.5 Å². The Balaban J connectivity index is -0.000000279. The summed E-state index contributed by atoms with van der Waals surface area (Å²) in [7, 11) is -12.2. The molecule has 0 aromatic rings. The van der Waals surface area contributed by atoms with E-state index in [4.69, 9.17) is 25.9 Å². The fraction of sp³-hybridized carbons (Fsp3) is 1.00. The van der Waals surface area contributed by atoms with Crippen LogP contribution in [0.2, 0.25) is 0 Å². The van der Waals surface area contributed by atoms with Crippen molar-refractivity contribution in [3.8, 4) is 0 Å². The minimum Gasteiger partial charge on any atom is -0.741 e. The van der Waals surface area contributed by atoms with Gasteiger partial charge in [-0.3, -0.25) is 0 Å². The summed E-state index contributed by atoms with van der Waals surface area (Å²) in [6.07, 6.45) is 12.1. The fourth-order valence-corrected chi connectivity index (χ4v) is 2.72. The molecule has 0 rings (SSSR count). The van der Waals surface area contributed by atoms with Crippen LogP contribution in [-0.4, -0.2) is 86.0 Å². The molecular formula is C21H42CuF6N2O6S2. The molecule has 17 heteroatoms. The minimum absolute atomic E-state index is 0. The van der Waals surface area contributed by atoms with Gasteiger partial charge in [0.05, 0.1) is 0 Å². The van der Waals surface area contributed by atoms with Crippen molar-refractivity contribution in [3.63, 3.8) is 0 Å². The van der Waals surface area contributed by atoms with Gasteiger partial charge in [-0.25, -0.2) is 16.8 Å². The van der Waals surface area contributed by atoms with Crippen LogP contribution in [0.25, 0.3) is 0 Å². The Morgan fingerprint density at radius 1 is 0.500 bits per heavy atom. The Bertz CT molecular complexity index is 676. The van der Waals surface area contributed by atoms with Crippen molar-refractivity contribution in [3.05, 3.63) is 0 Å². The summed E-state index contributed by atoms with van der Waals surface area (Å²) in [4.78, 5) is 5.40. The van der Waals surface area contributed by atoms with Gasteiger partial charge in [0.15, 0.2) is 20.2 Å². The van der Waals surface area contributed by atoms with E-state index >= 15 is 0 Å². The third kappa shape index (κ3) is 27.4. The maximum absolute atomic E-state index is 10.7. The molecule has 237 valence electrons. The Hall–Kier alpha value is -0.161. The van der Waals surface area contributed by atoms with Gasteiger partial charge in [0.25, 0.3) is 0 Å². The molecule has 38 heavy (non-hydrogen) atoms. The predicted octanol–water partition coefficient (Wildman–Crippen LogP) is 5.28. The number of alkyl halides is 6. The molecule has 0 unspecified atom stereocenters. The fourth-order valence-electron chi connectivity index (χ4n) is 2.72. The monoisotopic (exact) mass is 659 g/mol. The normalized spacial score (nSPS) is 12.4. The molecule has 0 aromatic heterocycles. The van der Waals surface area contributed by atoms with Gasteiger partial charge < -0.3 is 18.9 Å². The first-order valence-corrected chi connectivity index (χ1v) is 15.1. The van der Waals surface area contributed by atoms with Crippen molar-refractivity contribution < 1.29 is 69.4 Å². The summed E-state index contributed by atoms with van der Waals surface area (Å²) in [5.74, 6) is 0. The van der Waals surface area contributed by atoms with Crippen LogP contribution in [-0.2, 0) is 37.3 Å². The van der Waals surface area contributed by atoms with Gasteiger partial charge in [0, 0.05) is 0 Å². The standard InChI is InChI=1S/C19H42N2.2CHF3O3S.Cu/c1-5-9-14-20(15-10-6-2)18-13-19-21(16-11-7-3)17-12-8-4;2*2-1(3,4)8(5,6)7;/h5-19H2,1-4H3;2*(H,5,6,7);/q;;;+2/p-2. The van der Waals surface area contributed by atoms with E-state index < -0.39 is 31.3 Å². The molecule has 0 saturated carbocycles. The van der Waals surface area contributed by atoms with E-state index in [-0.39, 0.29) is 17.1 Å². The van der Waals surface area contributed by atoms with Crippen LogP contribution >= 0.6 is 0 Å². The first-order valence-electron chi connectivity index (χ1n) is 12.3. The van der Waals surface area contributed by atoms with Crippen LogP contribution in [0.4, 0.5) is 26.3 Å². The molecule has 0 bridgehead atoms. The predicted molar refractivity (Wildman–Crippen MR) is 129 cm³/mol. The zero-order valence-electron chi connectivity index (χ0n) is 22.3. The topological polar surface area (TPSA) is 121 Å². The van der Waals surface area contributed by atoms with Crippen LogP contribution in [0.15, 0.2) is 0 Å². The Morgan fingerprint density at radius 3 is 0.789 bits per heavy atom. The molecule has 0 aliphatic rings. The second-order valence-corrected chi connectivity index (χ2v) is 11.0. The van der Waals surface area contributed by atoms with Gasteiger partial charge in [0.2, 0.25) is 0 Å². The molecule has 0 fully saturated rings. The van der Waals surface area contributed by atoms with E-state index in [0.29, 0.717) is 0 Å². The number of hydrogen-bond donors (Lipinski definition) is 0. The maximum atomic E-state index is 10.7. The SMILES string of the molecule is CCCCN(CCCC)CCCN(CCCC)CCCC.O=S(=O)([O-])C(F)(F)F.O=S(=O)([O-])C(F)(F)F.[Cu+2]. The molecule has 0 N–H and O–H groups in total. The third-order valence-corrected chi connectivity index (χ3v) is 5.96. The van der Waals surface area contributed by atoms with Crippen molar-refractivity contribution >= 4 is 20.2 Å². The van der Waals surface area contributed by atoms with Crippen molar-refractivity contribution in [1.82, 2.24) is 9.80 Å². The van der Waals surface area contributed by atoms with Gasteiger partial charge in [-0.05, 0) is 71.4 Å². The summed E-state index contributed by atoms with van der Waals surface area (Å²) in [5, 5.41) is 0. The second kappa shape index (κ2) is 23.5. The number of unbranched alkanes of at least 4 members (excludes halogenated alkanes) is 4. The molecule has 8 nitrogen and oxygen atoms in total. The smallest absolute Gasteiger partial charge is 0.741 e. The summed E-state index contributed by atoms with van der Waals surface area (Å²) < 4.78 is 118. The zero-order chi connectivity index (χ0) is 29.8. The number of hydrogen-bond acceptors (Lipinski definition) is 8. The van der Waals surface area contributed by atoms with Gasteiger partial charge in [-0.2, -0.15) is 26.3 Å². The molecule has 0 atom stereocenters. The van der Waals surface area contributed by atoms with Crippen molar-refractivity contribution in [2.75, 3.05) is 39.3 Å². The summed E-state index contributed by atoms with van der Waals surface area (Å²) in [5.41, 5.74) is -11.3. The number of nitrogens with zero attached hydrogens (tertiary/aromatic N) is 2. The molecular weight excluding hydrogens is 618 g/mol. The Labute approximate surface area is 234 Å². The summed E-state index contributed by atoms with van der Waals surface area (Å²) >= 11 is 0. The molecule has 1 radical (unpaired) electrons. The van der Waals surface area contributed by atoms with Gasteiger partial charge in [-0.15, -0.1) is 0 Å². The quantitative estimate of drug-likeness (QED) is 0.0950. The van der Waals surface area contributed by atoms with Crippen LogP contribution < -0.4 is 0 Å². The van der Waals surface area contributed by atoms with Gasteiger partial charge >= 0.3 is 28.1 Å². The van der Waals surface area contributed by atoms with Crippen LogP contribution in [0.5, 0.6) is 0 Å². The van der Waals surface area contributed by atoms with E-state index in [9.17, 15) is 26.3 Å². The molecule has 0 aliphatic heterocycles. The van der Waals surface area contributed by atoms with Crippen molar-refractivity contribution in [2.45, 2.75) is 96.5 Å². The van der Waals surface area contributed by atoms with Crippen LogP contribution in [0.3, 0.4) is 0 Å². The number of halogens is 6. The van der Waals surface area contributed by atoms with Gasteiger partial charge in [-0.1, -0.05) is 53.4 Å². The molecule has 0 saturated heterocycles. The van der Waals surface area contributed by atoms with E-state index in [1.807, 2.05) is 0 Å². The van der Waals surface area contributed by atoms with Crippen molar-refractivity contribution in [1.29, 1.82) is 0 Å². The largest absolute Gasteiger partial charge is 2.00 e. The second-order valence-electron chi connectivity index (χ2n) is 8.25.